The van der Waals surface area contributed by atoms with Gasteiger partial charge < -0.3 is 15.1 Å². The van der Waals surface area contributed by atoms with Gasteiger partial charge in [-0.3, -0.25) is 4.79 Å². The third kappa shape index (κ3) is 5.29. The predicted octanol–water partition coefficient (Wildman–Crippen LogP) is 5.31. The van der Waals surface area contributed by atoms with Crippen LogP contribution < -0.4 is 10.2 Å². The number of thioether (sulfide) groups is 1. The lowest BCUT2D eigenvalue weighted by Crippen LogP contribution is -2.31. The highest BCUT2D eigenvalue weighted by atomic mass is 32.2. The largest absolute Gasteiger partial charge is 0.370 e. The SMILES string of the molecule is CCSc1ccc(-c2nc(C(=O)Nc3ccc(N4CCC(N(C)C)C4)cc3)cs2)cc1. The molecule has 0 radical (unpaired) electrons. The van der Waals surface area contributed by atoms with Gasteiger partial charge >= 0.3 is 0 Å². The van der Waals surface area contributed by atoms with Crippen LogP contribution in [0, 0.1) is 0 Å². The van der Waals surface area contributed by atoms with E-state index in [1.165, 1.54) is 28.3 Å². The normalized spacial score (nSPS) is 16.1. The quantitative estimate of drug-likeness (QED) is 0.492. The molecule has 1 saturated heterocycles. The molecule has 3 aromatic rings. The standard InChI is InChI=1S/C24H28N4OS2/c1-4-30-21-11-5-17(6-12-21)24-26-22(16-31-24)23(29)25-18-7-9-19(10-8-18)28-14-13-20(15-28)27(2)3/h5-12,16,20H,4,13-15H2,1-3H3,(H,25,29). The molecule has 162 valence electrons. The molecule has 1 amide bonds. The molecular weight excluding hydrogens is 424 g/mol. The average Bonchev–Trinajstić information content (AvgIpc) is 3.46. The maximum Gasteiger partial charge on any atom is 0.275 e. The Morgan fingerprint density at radius 3 is 2.58 bits per heavy atom. The molecule has 1 aromatic heterocycles. The predicted molar refractivity (Wildman–Crippen MR) is 133 cm³/mol. The summed E-state index contributed by atoms with van der Waals surface area (Å²) in [4.78, 5) is 23.1. The topological polar surface area (TPSA) is 48.5 Å². The number of hydrogen-bond donors (Lipinski definition) is 1. The zero-order valence-corrected chi connectivity index (χ0v) is 19.8. The third-order valence-corrected chi connectivity index (χ3v) is 7.32. The van der Waals surface area contributed by atoms with Crippen LogP contribution >= 0.6 is 23.1 Å². The van der Waals surface area contributed by atoms with E-state index in [0.29, 0.717) is 11.7 Å². The molecule has 7 heteroatoms. The Morgan fingerprint density at radius 1 is 1.19 bits per heavy atom. The Hall–Kier alpha value is -2.35. The molecule has 31 heavy (non-hydrogen) atoms. The van der Waals surface area contributed by atoms with Gasteiger partial charge in [0.25, 0.3) is 5.91 Å². The Bertz CT molecular complexity index is 1010. The van der Waals surface area contributed by atoms with Crippen LogP contribution in [0.1, 0.15) is 23.8 Å². The van der Waals surface area contributed by atoms with Crippen LogP contribution in [0.15, 0.2) is 58.8 Å². The lowest BCUT2D eigenvalue weighted by molar-refractivity contribution is 0.102. The zero-order chi connectivity index (χ0) is 21.8. The fourth-order valence-electron chi connectivity index (χ4n) is 3.72. The lowest BCUT2D eigenvalue weighted by Gasteiger charge is -2.22. The number of thiazole rings is 1. The first-order valence-electron chi connectivity index (χ1n) is 10.5. The number of amides is 1. The van der Waals surface area contributed by atoms with Gasteiger partial charge in [0.2, 0.25) is 0 Å². The minimum absolute atomic E-state index is 0.178. The summed E-state index contributed by atoms with van der Waals surface area (Å²) in [6, 6.07) is 17.0. The van der Waals surface area contributed by atoms with Crippen molar-refractivity contribution < 1.29 is 4.79 Å². The maximum absolute atomic E-state index is 12.7. The molecule has 0 saturated carbocycles. The number of benzene rings is 2. The monoisotopic (exact) mass is 452 g/mol. The molecule has 0 aliphatic carbocycles. The van der Waals surface area contributed by atoms with Crippen molar-refractivity contribution in [1.29, 1.82) is 0 Å². The average molecular weight is 453 g/mol. The van der Waals surface area contributed by atoms with Crippen LogP contribution in [0.25, 0.3) is 10.6 Å². The second-order valence-corrected chi connectivity index (χ2v) is 10.0. The summed E-state index contributed by atoms with van der Waals surface area (Å²) >= 11 is 3.31. The first-order valence-corrected chi connectivity index (χ1v) is 12.4. The molecule has 1 aliphatic rings. The van der Waals surface area contributed by atoms with Crippen LogP contribution in [-0.4, -0.2) is 54.8 Å². The first kappa shape index (κ1) is 21.9. The summed E-state index contributed by atoms with van der Waals surface area (Å²) in [5, 5.41) is 5.65. The van der Waals surface area contributed by atoms with Gasteiger partial charge in [-0.2, -0.15) is 0 Å². The van der Waals surface area contributed by atoms with E-state index in [4.69, 9.17) is 0 Å². The molecule has 0 bridgehead atoms. The van der Waals surface area contributed by atoms with E-state index >= 15 is 0 Å². The number of likely N-dealkylation sites (N-methyl/N-ethyl adjacent to an activating group) is 1. The van der Waals surface area contributed by atoms with Crippen molar-refractivity contribution >= 4 is 40.4 Å². The number of carbonyl (C=O) groups excluding carboxylic acids is 1. The van der Waals surface area contributed by atoms with Gasteiger partial charge in [0.1, 0.15) is 10.7 Å². The molecule has 1 aliphatic heterocycles. The summed E-state index contributed by atoms with van der Waals surface area (Å²) in [6.45, 7) is 4.25. The minimum Gasteiger partial charge on any atom is -0.370 e. The Balaban J connectivity index is 1.37. The number of rotatable bonds is 7. The van der Waals surface area contributed by atoms with Gasteiger partial charge in [0.15, 0.2) is 0 Å². The maximum atomic E-state index is 12.7. The van der Waals surface area contributed by atoms with E-state index in [1.807, 2.05) is 29.3 Å². The van der Waals surface area contributed by atoms with Gasteiger partial charge in [-0.15, -0.1) is 23.1 Å². The van der Waals surface area contributed by atoms with Crippen LogP contribution in [0.2, 0.25) is 0 Å². The smallest absolute Gasteiger partial charge is 0.275 e. The summed E-state index contributed by atoms with van der Waals surface area (Å²) in [5.41, 5.74) is 3.47. The Kier molecular flexibility index (Phi) is 6.95. The van der Waals surface area contributed by atoms with Gasteiger partial charge in [0, 0.05) is 46.3 Å². The van der Waals surface area contributed by atoms with E-state index in [0.717, 1.165) is 35.1 Å². The van der Waals surface area contributed by atoms with E-state index < -0.39 is 0 Å². The Labute approximate surface area is 192 Å². The fraction of sp³-hybridized carbons (Fsp3) is 0.333. The molecule has 5 nitrogen and oxygen atoms in total. The third-order valence-electron chi connectivity index (χ3n) is 5.53. The fourth-order valence-corrected chi connectivity index (χ4v) is 5.19. The number of aromatic nitrogens is 1. The van der Waals surface area contributed by atoms with Crippen molar-refractivity contribution in [3.63, 3.8) is 0 Å². The van der Waals surface area contributed by atoms with Crippen molar-refractivity contribution in [3.8, 4) is 10.6 Å². The molecule has 4 rings (SSSR count). The molecule has 1 atom stereocenters. The highest BCUT2D eigenvalue weighted by Gasteiger charge is 2.24. The summed E-state index contributed by atoms with van der Waals surface area (Å²) < 4.78 is 0. The number of carbonyl (C=O) groups is 1. The summed E-state index contributed by atoms with van der Waals surface area (Å²) in [6.07, 6.45) is 1.18. The number of hydrogen-bond acceptors (Lipinski definition) is 6. The van der Waals surface area contributed by atoms with Gasteiger partial charge in [-0.05, 0) is 62.7 Å². The van der Waals surface area contributed by atoms with Crippen molar-refractivity contribution in [1.82, 2.24) is 9.88 Å². The van der Waals surface area contributed by atoms with Crippen LogP contribution in [0.3, 0.4) is 0 Å². The highest BCUT2D eigenvalue weighted by molar-refractivity contribution is 7.99. The van der Waals surface area contributed by atoms with Crippen LogP contribution in [-0.2, 0) is 0 Å². The van der Waals surface area contributed by atoms with Crippen LogP contribution in [0.5, 0.6) is 0 Å². The first-order chi connectivity index (χ1) is 15.0. The van der Waals surface area contributed by atoms with E-state index in [2.05, 4.69) is 77.5 Å². The zero-order valence-electron chi connectivity index (χ0n) is 18.2. The second-order valence-electron chi connectivity index (χ2n) is 7.85. The minimum atomic E-state index is -0.178. The molecule has 1 unspecified atom stereocenters. The van der Waals surface area contributed by atoms with Gasteiger partial charge in [-0.1, -0.05) is 19.1 Å². The van der Waals surface area contributed by atoms with Crippen molar-refractivity contribution in [2.75, 3.05) is 43.2 Å². The van der Waals surface area contributed by atoms with E-state index in [-0.39, 0.29) is 5.91 Å². The van der Waals surface area contributed by atoms with Crippen molar-refractivity contribution in [3.05, 3.63) is 59.6 Å². The summed E-state index contributed by atoms with van der Waals surface area (Å²) in [5.74, 6) is 0.874. The second kappa shape index (κ2) is 9.85. The molecule has 0 spiro atoms. The highest BCUT2D eigenvalue weighted by Crippen LogP contribution is 2.28. The molecule has 1 N–H and O–H groups in total. The lowest BCUT2D eigenvalue weighted by atomic mass is 10.2. The molecule has 1 fully saturated rings. The molecular formula is C24H28N4OS2. The van der Waals surface area contributed by atoms with Gasteiger partial charge in [0.05, 0.1) is 0 Å². The number of nitrogens with zero attached hydrogens (tertiary/aromatic N) is 3. The number of anilines is 2. The molecule has 2 heterocycles. The molecule has 2 aromatic carbocycles. The summed E-state index contributed by atoms with van der Waals surface area (Å²) in [7, 11) is 4.27. The van der Waals surface area contributed by atoms with Gasteiger partial charge in [-0.25, -0.2) is 4.98 Å². The van der Waals surface area contributed by atoms with Crippen molar-refractivity contribution in [2.45, 2.75) is 24.3 Å². The number of nitrogens with one attached hydrogen (secondary N) is 1. The van der Waals surface area contributed by atoms with Crippen LogP contribution in [0.4, 0.5) is 11.4 Å². The van der Waals surface area contributed by atoms with E-state index in [1.54, 1.807) is 0 Å². The van der Waals surface area contributed by atoms with Crippen molar-refractivity contribution in [2.24, 2.45) is 0 Å². The Morgan fingerprint density at radius 2 is 1.94 bits per heavy atom. The van der Waals surface area contributed by atoms with E-state index in [9.17, 15) is 4.79 Å².